The van der Waals surface area contributed by atoms with Gasteiger partial charge in [0.1, 0.15) is 5.75 Å². The van der Waals surface area contributed by atoms with Gasteiger partial charge in [-0.2, -0.15) is 0 Å². The first-order valence-corrected chi connectivity index (χ1v) is 11.7. The molecule has 2 aliphatic heterocycles. The summed E-state index contributed by atoms with van der Waals surface area (Å²) >= 11 is 3.69. The number of methoxy groups -OCH3 is 1. The average Bonchev–Trinajstić information content (AvgIpc) is 3.16. The van der Waals surface area contributed by atoms with Crippen molar-refractivity contribution in [2.24, 2.45) is 11.8 Å². The summed E-state index contributed by atoms with van der Waals surface area (Å²) in [5.74, 6) is 2.71. The molecule has 2 aliphatic rings. The maximum atomic E-state index is 12.0. The highest BCUT2D eigenvalue weighted by Gasteiger charge is 2.25. The second-order valence-corrected chi connectivity index (χ2v) is 9.31. The monoisotopic (exact) mass is 450 g/mol. The van der Waals surface area contributed by atoms with Crippen LogP contribution in [0.2, 0.25) is 0 Å². The number of likely N-dealkylation sites (tertiary alicyclic amines) is 2. The van der Waals surface area contributed by atoms with Crippen molar-refractivity contribution in [2.75, 3.05) is 39.8 Å². The second kappa shape index (κ2) is 10.6. The van der Waals surface area contributed by atoms with E-state index in [2.05, 4.69) is 37.9 Å². The Balaban J connectivity index is 1.39. The van der Waals surface area contributed by atoms with Crippen molar-refractivity contribution in [1.82, 2.24) is 9.80 Å². The van der Waals surface area contributed by atoms with Crippen molar-refractivity contribution in [2.45, 2.75) is 51.9 Å². The van der Waals surface area contributed by atoms with Crippen LogP contribution >= 0.6 is 15.9 Å². The highest BCUT2D eigenvalue weighted by molar-refractivity contribution is 9.10. The fourth-order valence-electron chi connectivity index (χ4n) is 4.78. The fourth-order valence-corrected chi connectivity index (χ4v) is 5.19. The molecule has 0 aliphatic carbocycles. The lowest BCUT2D eigenvalue weighted by Crippen LogP contribution is -2.39. The molecule has 0 saturated carbocycles. The van der Waals surface area contributed by atoms with Crippen molar-refractivity contribution in [3.63, 3.8) is 0 Å². The van der Waals surface area contributed by atoms with Crippen molar-refractivity contribution in [3.8, 4) is 5.75 Å². The number of carbonyl (C=O) groups excluding carboxylic acids is 1. The first kappa shape index (κ1) is 21.6. The normalized spacial score (nSPS) is 23.2. The van der Waals surface area contributed by atoms with Crippen LogP contribution in [-0.4, -0.2) is 55.5 Å². The van der Waals surface area contributed by atoms with Gasteiger partial charge in [-0.3, -0.25) is 4.79 Å². The van der Waals surface area contributed by atoms with Gasteiger partial charge in [0.05, 0.1) is 7.11 Å². The molecule has 1 aromatic carbocycles. The number of halogens is 1. The third-order valence-corrected chi connectivity index (χ3v) is 7.17. The van der Waals surface area contributed by atoms with E-state index < -0.39 is 0 Å². The lowest BCUT2D eigenvalue weighted by atomic mass is 9.93. The van der Waals surface area contributed by atoms with Crippen LogP contribution in [0.3, 0.4) is 0 Å². The summed E-state index contributed by atoms with van der Waals surface area (Å²) in [6, 6.07) is 6.27. The molecule has 2 saturated heterocycles. The summed E-state index contributed by atoms with van der Waals surface area (Å²) in [4.78, 5) is 16.7. The largest absolute Gasteiger partial charge is 0.497 e. The SMILES string of the molecule is CCC(=O)N1CCCC(CCCN2CCC(Cc3cc(OC)ccc3Br)C2)C1. The van der Waals surface area contributed by atoms with E-state index in [1.165, 1.54) is 61.8 Å². The van der Waals surface area contributed by atoms with E-state index >= 15 is 0 Å². The molecule has 0 radical (unpaired) electrons. The van der Waals surface area contributed by atoms with Gasteiger partial charge in [0, 0.05) is 30.5 Å². The number of benzene rings is 1. The Kier molecular flexibility index (Phi) is 8.22. The summed E-state index contributed by atoms with van der Waals surface area (Å²) in [6.07, 6.45) is 8.03. The summed E-state index contributed by atoms with van der Waals surface area (Å²) < 4.78 is 6.57. The number of rotatable bonds is 8. The van der Waals surface area contributed by atoms with E-state index in [0.717, 1.165) is 31.2 Å². The lowest BCUT2D eigenvalue weighted by Gasteiger charge is -2.33. The van der Waals surface area contributed by atoms with Crippen LogP contribution in [0.1, 0.15) is 51.0 Å². The molecule has 2 unspecified atom stereocenters. The number of piperidine rings is 1. The number of ether oxygens (including phenoxy) is 1. The van der Waals surface area contributed by atoms with Gasteiger partial charge in [0.15, 0.2) is 0 Å². The molecule has 1 amide bonds. The Morgan fingerprint density at radius 2 is 2.07 bits per heavy atom. The number of hydrogen-bond donors (Lipinski definition) is 0. The predicted molar refractivity (Wildman–Crippen MR) is 118 cm³/mol. The van der Waals surface area contributed by atoms with Gasteiger partial charge in [-0.15, -0.1) is 0 Å². The highest BCUT2D eigenvalue weighted by atomic mass is 79.9. The molecule has 4 nitrogen and oxygen atoms in total. The second-order valence-electron chi connectivity index (χ2n) is 8.46. The summed E-state index contributed by atoms with van der Waals surface area (Å²) in [5, 5.41) is 0. The van der Waals surface area contributed by atoms with Gasteiger partial charge in [-0.25, -0.2) is 0 Å². The number of nitrogens with zero attached hydrogens (tertiary/aromatic N) is 2. The molecule has 0 bridgehead atoms. The minimum atomic E-state index is 0.329. The smallest absolute Gasteiger partial charge is 0.222 e. The van der Waals surface area contributed by atoms with Crippen molar-refractivity contribution >= 4 is 21.8 Å². The van der Waals surface area contributed by atoms with Crippen molar-refractivity contribution in [3.05, 3.63) is 28.2 Å². The molecule has 2 heterocycles. The van der Waals surface area contributed by atoms with E-state index in [-0.39, 0.29) is 0 Å². The van der Waals surface area contributed by atoms with Crippen molar-refractivity contribution < 1.29 is 9.53 Å². The molecular formula is C23H35BrN2O2. The molecule has 2 fully saturated rings. The van der Waals surface area contributed by atoms with Crippen LogP contribution in [0.5, 0.6) is 5.75 Å². The van der Waals surface area contributed by atoms with Crippen LogP contribution in [-0.2, 0) is 11.2 Å². The first-order chi connectivity index (χ1) is 13.6. The first-order valence-electron chi connectivity index (χ1n) is 10.9. The molecule has 1 aromatic rings. The van der Waals surface area contributed by atoms with E-state index in [1.807, 2.05) is 13.0 Å². The standard InChI is InChI=1S/C23H35BrN2O2/c1-3-23(27)26-12-5-7-18(17-26)6-4-11-25-13-10-19(16-25)14-20-15-21(28-2)8-9-22(20)24/h8-9,15,18-19H,3-7,10-14,16-17H2,1-2H3. The molecule has 5 heteroatoms. The van der Waals surface area contributed by atoms with Gasteiger partial charge in [0.25, 0.3) is 0 Å². The quantitative estimate of drug-likeness (QED) is 0.572. The van der Waals surface area contributed by atoms with E-state index in [9.17, 15) is 4.79 Å². The number of hydrogen-bond acceptors (Lipinski definition) is 3. The Bertz CT molecular complexity index is 651. The van der Waals surface area contributed by atoms with Gasteiger partial charge in [-0.05, 0) is 87.2 Å². The summed E-state index contributed by atoms with van der Waals surface area (Å²) in [7, 11) is 1.73. The zero-order valence-electron chi connectivity index (χ0n) is 17.5. The average molecular weight is 451 g/mol. The van der Waals surface area contributed by atoms with Gasteiger partial charge in [-0.1, -0.05) is 22.9 Å². The van der Waals surface area contributed by atoms with Crippen LogP contribution in [0.4, 0.5) is 0 Å². The van der Waals surface area contributed by atoms with Crippen molar-refractivity contribution in [1.29, 1.82) is 0 Å². The molecule has 28 heavy (non-hydrogen) atoms. The number of amides is 1. The van der Waals surface area contributed by atoms with Crippen LogP contribution < -0.4 is 4.74 Å². The third kappa shape index (κ3) is 5.96. The Labute approximate surface area is 178 Å². The zero-order chi connectivity index (χ0) is 19.9. The zero-order valence-corrected chi connectivity index (χ0v) is 19.0. The molecule has 3 rings (SSSR count). The summed E-state index contributed by atoms with van der Waals surface area (Å²) in [6.45, 7) is 7.55. The topological polar surface area (TPSA) is 32.8 Å². The van der Waals surface area contributed by atoms with Gasteiger partial charge in [0.2, 0.25) is 5.91 Å². The Morgan fingerprint density at radius 3 is 2.86 bits per heavy atom. The van der Waals surface area contributed by atoms with E-state index in [0.29, 0.717) is 18.2 Å². The third-order valence-electron chi connectivity index (χ3n) is 6.39. The molecule has 0 N–H and O–H groups in total. The minimum Gasteiger partial charge on any atom is -0.497 e. The molecule has 2 atom stereocenters. The minimum absolute atomic E-state index is 0.329. The Morgan fingerprint density at radius 1 is 1.21 bits per heavy atom. The van der Waals surface area contributed by atoms with Gasteiger partial charge >= 0.3 is 0 Å². The Hall–Kier alpha value is -1.07. The molecular weight excluding hydrogens is 416 g/mol. The van der Waals surface area contributed by atoms with E-state index in [4.69, 9.17) is 4.74 Å². The van der Waals surface area contributed by atoms with Gasteiger partial charge < -0.3 is 14.5 Å². The lowest BCUT2D eigenvalue weighted by molar-refractivity contribution is -0.132. The molecule has 156 valence electrons. The summed E-state index contributed by atoms with van der Waals surface area (Å²) in [5.41, 5.74) is 1.36. The van der Waals surface area contributed by atoms with Crippen LogP contribution in [0.25, 0.3) is 0 Å². The maximum Gasteiger partial charge on any atom is 0.222 e. The maximum absolute atomic E-state index is 12.0. The number of carbonyl (C=O) groups is 1. The van der Waals surface area contributed by atoms with E-state index in [1.54, 1.807) is 7.11 Å². The van der Waals surface area contributed by atoms with Crippen LogP contribution in [0, 0.1) is 11.8 Å². The fraction of sp³-hybridized carbons (Fsp3) is 0.696. The predicted octanol–water partition coefficient (Wildman–Crippen LogP) is 4.75. The molecule has 0 spiro atoms. The highest BCUT2D eigenvalue weighted by Crippen LogP contribution is 2.29. The van der Waals surface area contributed by atoms with Crippen LogP contribution in [0.15, 0.2) is 22.7 Å². The molecule has 0 aromatic heterocycles.